The van der Waals surface area contributed by atoms with Gasteiger partial charge in [0.1, 0.15) is 5.82 Å². The summed E-state index contributed by atoms with van der Waals surface area (Å²) in [7, 11) is 0. The normalized spacial score (nSPS) is 10.2. The Balaban J connectivity index is 2.34. The second kappa shape index (κ2) is 4.23. The van der Waals surface area contributed by atoms with Crippen molar-refractivity contribution < 1.29 is 0 Å². The molecule has 16 heavy (non-hydrogen) atoms. The first-order chi connectivity index (χ1) is 7.65. The number of hydrogen-bond acceptors (Lipinski definition) is 6. The van der Waals surface area contributed by atoms with E-state index in [1.165, 1.54) is 24.0 Å². The molecule has 0 unspecified atom stereocenters. The highest BCUT2D eigenvalue weighted by molar-refractivity contribution is 7.99. The van der Waals surface area contributed by atoms with E-state index in [1.807, 2.05) is 0 Å². The van der Waals surface area contributed by atoms with E-state index in [0.717, 1.165) is 4.90 Å². The smallest absolute Gasteiger partial charge is 0.253 e. The number of nitrogens with two attached hydrogens (primary N) is 2. The average Bonchev–Trinajstić information content (AvgIpc) is 2.20. The van der Waals surface area contributed by atoms with Crippen LogP contribution in [0.5, 0.6) is 0 Å². The second-order valence-electron chi connectivity index (χ2n) is 2.99. The van der Waals surface area contributed by atoms with Gasteiger partial charge in [0, 0.05) is 17.2 Å². The van der Waals surface area contributed by atoms with Crippen LogP contribution >= 0.6 is 11.8 Å². The van der Waals surface area contributed by atoms with Crippen LogP contribution in [0, 0.1) is 0 Å². The van der Waals surface area contributed by atoms with Crippen LogP contribution in [0.15, 0.2) is 39.4 Å². The van der Waals surface area contributed by atoms with Crippen LogP contribution in [0.4, 0.5) is 11.5 Å². The summed E-state index contributed by atoms with van der Waals surface area (Å²) in [5.41, 5.74) is 11.4. The molecule has 7 heteroatoms. The summed E-state index contributed by atoms with van der Waals surface area (Å²) in [5.74, 6) is 0.180. The molecule has 2 heterocycles. The van der Waals surface area contributed by atoms with Gasteiger partial charge in [0.2, 0.25) is 0 Å². The average molecular weight is 235 g/mol. The van der Waals surface area contributed by atoms with Crippen molar-refractivity contribution in [2.24, 2.45) is 0 Å². The lowest BCUT2D eigenvalue weighted by molar-refractivity contribution is 0.945. The minimum Gasteiger partial charge on any atom is -0.397 e. The van der Waals surface area contributed by atoms with Gasteiger partial charge in [0.15, 0.2) is 5.16 Å². The maximum absolute atomic E-state index is 11.2. The summed E-state index contributed by atoms with van der Waals surface area (Å²) in [5, 5.41) is 0.405. The minimum atomic E-state index is -0.289. The first-order valence-electron chi connectivity index (χ1n) is 4.39. The SMILES string of the molecule is Nc1cc(=O)[nH]c(Sc2ccncc2N)n1. The fraction of sp³-hybridized carbons (Fsp3) is 0. The lowest BCUT2D eigenvalue weighted by atomic mass is 10.4. The zero-order valence-corrected chi connectivity index (χ0v) is 8.99. The standard InChI is InChI=1S/C9H9N5OS/c10-5-4-12-2-1-6(5)16-9-13-7(11)3-8(15)14-9/h1-4H,10H2,(H3,11,13,14,15). The number of H-pyrrole nitrogens is 1. The summed E-state index contributed by atoms with van der Waals surface area (Å²) in [6.45, 7) is 0. The highest BCUT2D eigenvalue weighted by atomic mass is 32.2. The first kappa shape index (κ1) is 10.5. The van der Waals surface area contributed by atoms with Gasteiger partial charge in [-0.3, -0.25) is 9.78 Å². The van der Waals surface area contributed by atoms with E-state index < -0.39 is 0 Å². The van der Waals surface area contributed by atoms with Gasteiger partial charge in [0.25, 0.3) is 5.56 Å². The molecular formula is C9H9N5OS. The zero-order chi connectivity index (χ0) is 11.5. The van der Waals surface area contributed by atoms with Crippen LogP contribution in [-0.2, 0) is 0 Å². The highest BCUT2D eigenvalue weighted by Gasteiger charge is 2.04. The summed E-state index contributed by atoms with van der Waals surface area (Å²) < 4.78 is 0. The number of anilines is 2. The lowest BCUT2D eigenvalue weighted by Gasteiger charge is -2.03. The molecule has 0 amide bonds. The number of rotatable bonds is 2. The van der Waals surface area contributed by atoms with E-state index in [-0.39, 0.29) is 11.4 Å². The molecule has 0 bridgehead atoms. The van der Waals surface area contributed by atoms with Crippen molar-refractivity contribution >= 4 is 23.3 Å². The van der Waals surface area contributed by atoms with E-state index in [1.54, 1.807) is 12.3 Å². The molecule has 0 radical (unpaired) electrons. The predicted octanol–water partition coefficient (Wildman–Crippen LogP) is 0.480. The molecule has 5 N–H and O–H groups in total. The fourth-order valence-electron chi connectivity index (χ4n) is 1.09. The Morgan fingerprint density at radius 1 is 1.38 bits per heavy atom. The molecule has 0 aliphatic heterocycles. The number of pyridine rings is 1. The van der Waals surface area contributed by atoms with Gasteiger partial charge in [0.05, 0.1) is 11.9 Å². The molecule has 2 aromatic rings. The van der Waals surface area contributed by atoms with E-state index in [2.05, 4.69) is 15.0 Å². The molecule has 6 nitrogen and oxygen atoms in total. The van der Waals surface area contributed by atoms with Crippen molar-refractivity contribution in [2.75, 3.05) is 11.5 Å². The number of aromatic nitrogens is 3. The maximum Gasteiger partial charge on any atom is 0.253 e. The molecule has 82 valence electrons. The summed E-state index contributed by atoms with van der Waals surface area (Å²) in [4.78, 5) is 22.3. The zero-order valence-electron chi connectivity index (χ0n) is 8.18. The van der Waals surface area contributed by atoms with Crippen molar-refractivity contribution in [1.82, 2.24) is 15.0 Å². The van der Waals surface area contributed by atoms with Crippen LogP contribution in [0.3, 0.4) is 0 Å². The molecule has 0 fully saturated rings. The quantitative estimate of drug-likeness (QED) is 0.653. The number of nitrogen functional groups attached to an aromatic ring is 2. The van der Waals surface area contributed by atoms with Gasteiger partial charge < -0.3 is 16.5 Å². The molecule has 0 spiro atoms. The summed E-state index contributed by atoms with van der Waals surface area (Å²) in [6, 6.07) is 2.96. The maximum atomic E-state index is 11.2. The lowest BCUT2D eigenvalue weighted by Crippen LogP contribution is -2.09. The summed E-state index contributed by atoms with van der Waals surface area (Å²) >= 11 is 1.23. The van der Waals surface area contributed by atoms with Crippen molar-refractivity contribution in [2.45, 2.75) is 10.1 Å². The molecule has 2 aromatic heterocycles. The van der Waals surface area contributed by atoms with Crippen molar-refractivity contribution in [1.29, 1.82) is 0 Å². The van der Waals surface area contributed by atoms with Crippen molar-refractivity contribution in [3.63, 3.8) is 0 Å². The third-order valence-corrected chi connectivity index (χ3v) is 2.73. The summed E-state index contributed by atoms with van der Waals surface area (Å²) in [6.07, 6.45) is 3.15. The van der Waals surface area contributed by atoms with Crippen LogP contribution in [-0.4, -0.2) is 15.0 Å². The molecule has 0 atom stereocenters. The Morgan fingerprint density at radius 2 is 2.19 bits per heavy atom. The van der Waals surface area contributed by atoms with Crippen molar-refractivity contribution in [3.8, 4) is 0 Å². The topological polar surface area (TPSA) is 111 Å². The molecule has 0 saturated carbocycles. The van der Waals surface area contributed by atoms with Gasteiger partial charge in [-0.2, -0.15) is 0 Å². The monoisotopic (exact) mass is 235 g/mol. The van der Waals surface area contributed by atoms with Crippen LogP contribution in [0.25, 0.3) is 0 Å². The van der Waals surface area contributed by atoms with Crippen LogP contribution in [0.2, 0.25) is 0 Å². The molecule has 0 aromatic carbocycles. The Morgan fingerprint density at radius 3 is 2.88 bits per heavy atom. The Bertz CT molecular complexity index is 568. The first-order valence-corrected chi connectivity index (χ1v) is 5.21. The van der Waals surface area contributed by atoms with E-state index in [0.29, 0.717) is 10.8 Å². The third kappa shape index (κ3) is 2.31. The van der Waals surface area contributed by atoms with E-state index >= 15 is 0 Å². The van der Waals surface area contributed by atoms with Crippen LogP contribution in [0.1, 0.15) is 0 Å². The highest BCUT2D eigenvalue weighted by Crippen LogP contribution is 2.28. The second-order valence-corrected chi connectivity index (χ2v) is 4.02. The van der Waals surface area contributed by atoms with Gasteiger partial charge in [-0.1, -0.05) is 0 Å². The molecular weight excluding hydrogens is 226 g/mol. The number of nitrogens with zero attached hydrogens (tertiary/aromatic N) is 2. The fourth-order valence-corrected chi connectivity index (χ4v) is 1.90. The largest absolute Gasteiger partial charge is 0.397 e. The van der Waals surface area contributed by atoms with Crippen molar-refractivity contribution in [3.05, 3.63) is 34.9 Å². The molecule has 2 rings (SSSR count). The molecule has 0 aliphatic rings. The minimum absolute atomic E-state index is 0.180. The van der Waals surface area contributed by atoms with E-state index in [4.69, 9.17) is 11.5 Å². The number of hydrogen-bond donors (Lipinski definition) is 3. The Labute approximate surface area is 95.1 Å². The van der Waals surface area contributed by atoms with Gasteiger partial charge >= 0.3 is 0 Å². The number of aromatic amines is 1. The van der Waals surface area contributed by atoms with E-state index in [9.17, 15) is 4.79 Å². The van der Waals surface area contributed by atoms with Gasteiger partial charge in [-0.15, -0.1) is 0 Å². The molecule has 0 saturated heterocycles. The molecule has 0 aliphatic carbocycles. The predicted molar refractivity (Wildman–Crippen MR) is 62.0 cm³/mol. The Hall–Kier alpha value is -2.02. The number of nitrogens with one attached hydrogen (secondary N) is 1. The van der Waals surface area contributed by atoms with Gasteiger partial charge in [-0.25, -0.2) is 4.98 Å². The third-order valence-electron chi connectivity index (χ3n) is 1.76. The van der Waals surface area contributed by atoms with Gasteiger partial charge in [-0.05, 0) is 17.8 Å². The Kier molecular flexibility index (Phi) is 2.78. The van der Waals surface area contributed by atoms with Crippen LogP contribution < -0.4 is 17.0 Å².